The molecule has 0 saturated carbocycles. The Morgan fingerprint density at radius 1 is 1.14 bits per heavy atom. The summed E-state index contributed by atoms with van der Waals surface area (Å²) in [5, 5.41) is 0. The van der Waals surface area contributed by atoms with Crippen molar-refractivity contribution in [3.8, 4) is 0 Å². The number of nitrogens with two attached hydrogens (primary N) is 1. The molecule has 0 aromatic carbocycles. The van der Waals surface area contributed by atoms with E-state index in [1.807, 2.05) is 6.07 Å². The average molecular weight is 284 g/mol. The quantitative estimate of drug-likeness (QED) is 0.917. The number of aryl methyl sites for hydroxylation is 1. The summed E-state index contributed by atoms with van der Waals surface area (Å²) in [6.45, 7) is 5.83. The minimum Gasteiger partial charge on any atom is -0.396 e. The fourth-order valence-corrected chi connectivity index (χ4v) is 2.62. The van der Waals surface area contributed by atoms with E-state index in [4.69, 9.17) is 5.73 Å². The van der Waals surface area contributed by atoms with Crippen molar-refractivity contribution >= 4 is 17.2 Å². The zero-order chi connectivity index (χ0) is 14.7. The van der Waals surface area contributed by atoms with E-state index in [1.165, 1.54) is 0 Å². The van der Waals surface area contributed by atoms with Crippen LogP contribution < -0.4 is 15.5 Å². The molecule has 0 spiro atoms. The summed E-state index contributed by atoms with van der Waals surface area (Å²) in [7, 11) is 0. The molecule has 0 radical (unpaired) electrons. The molecule has 0 bridgehead atoms. The van der Waals surface area contributed by atoms with E-state index in [0.717, 1.165) is 55.5 Å². The van der Waals surface area contributed by atoms with Crippen LogP contribution in [0, 0.1) is 0 Å². The first kappa shape index (κ1) is 13.6. The summed E-state index contributed by atoms with van der Waals surface area (Å²) in [5.41, 5.74) is 8.89. The molecule has 6 nitrogen and oxygen atoms in total. The van der Waals surface area contributed by atoms with Gasteiger partial charge in [-0.3, -0.25) is 4.98 Å². The van der Waals surface area contributed by atoms with Gasteiger partial charge < -0.3 is 15.5 Å². The van der Waals surface area contributed by atoms with Gasteiger partial charge in [0.1, 0.15) is 12.1 Å². The Kier molecular flexibility index (Phi) is 3.85. The van der Waals surface area contributed by atoms with E-state index in [1.54, 1.807) is 18.7 Å². The Balaban J connectivity index is 1.69. The molecule has 1 saturated heterocycles. The molecule has 2 aromatic rings. The van der Waals surface area contributed by atoms with Crippen molar-refractivity contribution in [2.24, 2.45) is 0 Å². The summed E-state index contributed by atoms with van der Waals surface area (Å²) in [5.74, 6) is 1.02. The van der Waals surface area contributed by atoms with Crippen molar-refractivity contribution in [3.63, 3.8) is 0 Å². The predicted octanol–water partition coefficient (Wildman–Crippen LogP) is 1.34. The first-order chi connectivity index (χ1) is 10.3. The van der Waals surface area contributed by atoms with Crippen molar-refractivity contribution in [1.82, 2.24) is 15.0 Å². The first-order valence-corrected chi connectivity index (χ1v) is 7.28. The molecule has 6 heteroatoms. The maximum absolute atomic E-state index is 6.00. The number of nitrogens with zero attached hydrogens (tertiary/aromatic N) is 5. The third-order valence-corrected chi connectivity index (χ3v) is 3.84. The van der Waals surface area contributed by atoms with Crippen molar-refractivity contribution in [2.45, 2.75) is 13.3 Å². The number of rotatable bonds is 3. The van der Waals surface area contributed by atoms with Gasteiger partial charge in [0, 0.05) is 44.1 Å². The lowest BCUT2D eigenvalue weighted by Gasteiger charge is -2.37. The predicted molar refractivity (Wildman–Crippen MR) is 84.5 cm³/mol. The SMILES string of the molecule is CCc1cc(N2CCN(c3ccncc3N)CC2)ncn1. The molecule has 3 heterocycles. The fraction of sp³-hybridized carbons (Fsp3) is 0.400. The monoisotopic (exact) mass is 284 g/mol. The molecule has 2 aromatic heterocycles. The highest BCUT2D eigenvalue weighted by Crippen LogP contribution is 2.23. The standard InChI is InChI=1S/C15H20N6/c1-2-12-9-15(19-11-18-12)21-7-5-20(6-8-21)14-3-4-17-10-13(14)16/h3-4,9-11H,2,5-8,16H2,1H3. The zero-order valence-corrected chi connectivity index (χ0v) is 12.2. The molecule has 0 atom stereocenters. The Morgan fingerprint density at radius 3 is 2.62 bits per heavy atom. The fourth-order valence-electron chi connectivity index (χ4n) is 2.62. The van der Waals surface area contributed by atoms with Crippen LogP contribution in [-0.4, -0.2) is 41.1 Å². The maximum atomic E-state index is 6.00. The summed E-state index contributed by atoms with van der Waals surface area (Å²) in [6, 6.07) is 4.06. The molecule has 0 amide bonds. The molecule has 21 heavy (non-hydrogen) atoms. The van der Waals surface area contributed by atoms with Gasteiger partial charge in [-0.2, -0.15) is 0 Å². The molecule has 3 rings (SSSR count). The molecule has 2 N–H and O–H groups in total. The molecule has 1 aliphatic heterocycles. The van der Waals surface area contributed by atoms with Crippen molar-refractivity contribution in [2.75, 3.05) is 41.7 Å². The molecule has 1 aliphatic rings. The van der Waals surface area contributed by atoms with Crippen LogP contribution in [0.2, 0.25) is 0 Å². The average Bonchev–Trinajstić information content (AvgIpc) is 2.56. The molecular weight excluding hydrogens is 264 g/mol. The minimum absolute atomic E-state index is 0.737. The second-order valence-electron chi connectivity index (χ2n) is 5.13. The van der Waals surface area contributed by atoms with Crippen LogP contribution in [0.25, 0.3) is 0 Å². The Bertz CT molecular complexity index is 607. The summed E-state index contributed by atoms with van der Waals surface area (Å²) < 4.78 is 0. The topological polar surface area (TPSA) is 71.2 Å². The highest BCUT2D eigenvalue weighted by Gasteiger charge is 2.19. The second kappa shape index (κ2) is 5.95. The van der Waals surface area contributed by atoms with E-state index in [-0.39, 0.29) is 0 Å². The van der Waals surface area contributed by atoms with Crippen LogP contribution in [0.1, 0.15) is 12.6 Å². The number of nitrogen functional groups attached to an aromatic ring is 1. The maximum Gasteiger partial charge on any atom is 0.132 e. The van der Waals surface area contributed by atoms with Gasteiger partial charge in [-0.15, -0.1) is 0 Å². The smallest absolute Gasteiger partial charge is 0.132 e. The number of hydrogen-bond donors (Lipinski definition) is 1. The zero-order valence-electron chi connectivity index (χ0n) is 12.2. The van der Waals surface area contributed by atoms with Crippen LogP contribution in [-0.2, 0) is 6.42 Å². The molecule has 0 unspecified atom stereocenters. The molecule has 1 fully saturated rings. The van der Waals surface area contributed by atoms with E-state index < -0.39 is 0 Å². The summed E-state index contributed by atoms with van der Waals surface area (Å²) >= 11 is 0. The van der Waals surface area contributed by atoms with Crippen molar-refractivity contribution < 1.29 is 0 Å². The van der Waals surface area contributed by atoms with Gasteiger partial charge >= 0.3 is 0 Å². The highest BCUT2D eigenvalue weighted by molar-refractivity contribution is 5.66. The number of hydrogen-bond acceptors (Lipinski definition) is 6. The van der Waals surface area contributed by atoms with Gasteiger partial charge in [0.05, 0.1) is 17.6 Å². The van der Waals surface area contributed by atoms with Gasteiger partial charge in [0.2, 0.25) is 0 Å². The lowest BCUT2D eigenvalue weighted by Crippen LogP contribution is -2.47. The Labute approximate surface area is 124 Å². The van der Waals surface area contributed by atoms with Gasteiger partial charge in [0.15, 0.2) is 0 Å². The first-order valence-electron chi connectivity index (χ1n) is 7.28. The molecular formula is C15H20N6. The Hall–Kier alpha value is -2.37. The lowest BCUT2D eigenvalue weighted by atomic mass is 10.2. The Morgan fingerprint density at radius 2 is 1.90 bits per heavy atom. The van der Waals surface area contributed by atoms with E-state index in [9.17, 15) is 0 Å². The van der Waals surface area contributed by atoms with Crippen molar-refractivity contribution in [1.29, 1.82) is 0 Å². The lowest BCUT2D eigenvalue weighted by molar-refractivity contribution is 0.646. The van der Waals surface area contributed by atoms with Crippen LogP contribution >= 0.6 is 0 Å². The minimum atomic E-state index is 0.737. The van der Waals surface area contributed by atoms with Gasteiger partial charge in [0.25, 0.3) is 0 Å². The number of aromatic nitrogens is 3. The number of pyridine rings is 1. The van der Waals surface area contributed by atoms with Gasteiger partial charge in [-0.1, -0.05) is 6.92 Å². The molecule has 0 aliphatic carbocycles. The van der Waals surface area contributed by atoms with Crippen LogP contribution in [0.3, 0.4) is 0 Å². The van der Waals surface area contributed by atoms with E-state index in [0.29, 0.717) is 0 Å². The van der Waals surface area contributed by atoms with Gasteiger partial charge in [-0.05, 0) is 12.5 Å². The molecule has 110 valence electrons. The third-order valence-electron chi connectivity index (χ3n) is 3.84. The third kappa shape index (κ3) is 2.89. The highest BCUT2D eigenvalue weighted by atomic mass is 15.3. The van der Waals surface area contributed by atoms with Crippen LogP contribution in [0.5, 0.6) is 0 Å². The second-order valence-corrected chi connectivity index (χ2v) is 5.13. The van der Waals surface area contributed by atoms with Gasteiger partial charge in [-0.25, -0.2) is 9.97 Å². The number of piperazine rings is 1. The summed E-state index contributed by atoms with van der Waals surface area (Å²) in [6.07, 6.45) is 6.08. The van der Waals surface area contributed by atoms with E-state index >= 15 is 0 Å². The number of anilines is 3. The summed E-state index contributed by atoms with van der Waals surface area (Å²) in [4.78, 5) is 17.3. The largest absolute Gasteiger partial charge is 0.396 e. The van der Waals surface area contributed by atoms with E-state index in [2.05, 4.69) is 37.7 Å². The van der Waals surface area contributed by atoms with Crippen LogP contribution in [0.4, 0.5) is 17.2 Å². The van der Waals surface area contributed by atoms with Crippen LogP contribution in [0.15, 0.2) is 30.9 Å². The normalized spacial score (nSPS) is 15.3. The van der Waals surface area contributed by atoms with Crippen molar-refractivity contribution in [3.05, 3.63) is 36.5 Å².